The first-order valence-electron chi connectivity index (χ1n) is 7.48. The first-order valence-corrected chi connectivity index (χ1v) is 7.48. The van der Waals surface area contributed by atoms with E-state index in [2.05, 4.69) is 17.6 Å². The normalized spacial score (nSPS) is 18.5. The fraction of sp³-hybridized carbons (Fsp3) is 0.500. The highest BCUT2D eigenvalue weighted by molar-refractivity contribution is 5.88. The maximum atomic E-state index is 11.8. The summed E-state index contributed by atoms with van der Waals surface area (Å²) in [4.78, 5) is 23.6. The fourth-order valence-electron chi connectivity index (χ4n) is 2.28. The van der Waals surface area contributed by atoms with E-state index in [9.17, 15) is 9.59 Å². The highest BCUT2D eigenvalue weighted by atomic mass is 16.5. The molecule has 2 amide bonds. The van der Waals surface area contributed by atoms with Gasteiger partial charge in [-0.1, -0.05) is 19.1 Å². The van der Waals surface area contributed by atoms with Gasteiger partial charge in [0, 0.05) is 6.54 Å². The Morgan fingerprint density at radius 2 is 2.10 bits per heavy atom. The Balaban J connectivity index is 1.79. The summed E-state index contributed by atoms with van der Waals surface area (Å²) in [5.74, 6) is 0.289. The molecule has 0 radical (unpaired) electrons. The molecule has 1 aliphatic rings. The van der Waals surface area contributed by atoms with Crippen LogP contribution in [-0.2, 0) is 16.0 Å². The number of carbonyl (C=O) groups is 2. The molecular weight excluding hydrogens is 268 g/mol. The summed E-state index contributed by atoms with van der Waals surface area (Å²) in [6.07, 6.45) is 3.54. The van der Waals surface area contributed by atoms with Gasteiger partial charge in [0.25, 0.3) is 5.91 Å². The van der Waals surface area contributed by atoms with E-state index in [1.165, 1.54) is 5.56 Å². The molecule has 1 aliphatic heterocycles. The van der Waals surface area contributed by atoms with Crippen LogP contribution in [0.25, 0.3) is 0 Å². The standard InChI is InChI=1S/C16H22N2O3/c1-2-12-6-8-13(9-7-12)21-11-15(19)18-14-5-3-4-10-17-16(14)20/h6-9,14H,2-5,10-11H2,1H3,(H,17,20)(H,18,19). The van der Waals surface area contributed by atoms with Crippen LogP contribution in [0.1, 0.15) is 31.7 Å². The van der Waals surface area contributed by atoms with Gasteiger partial charge >= 0.3 is 0 Å². The van der Waals surface area contributed by atoms with Gasteiger partial charge < -0.3 is 15.4 Å². The summed E-state index contributed by atoms with van der Waals surface area (Å²) < 4.78 is 5.43. The van der Waals surface area contributed by atoms with Crippen LogP contribution in [0.4, 0.5) is 0 Å². The summed E-state index contributed by atoms with van der Waals surface area (Å²) in [7, 11) is 0. The van der Waals surface area contributed by atoms with Gasteiger partial charge in [0.15, 0.2) is 6.61 Å². The first kappa shape index (κ1) is 15.4. The number of rotatable bonds is 5. The number of hydrogen-bond acceptors (Lipinski definition) is 3. The molecule has 1 aromatic rings. The third-order valence-corrected chi connectivity index (χ3v) is 3.57. The van der Waals surface area contributed by atoms with Gasteiger partial charge in [0.05, 0.1) is 0 Å². The molecular formula is C16H22N2O3. The molecule has 1 saturated heterocycles. The molecule has 0 spiro atoms. The number of aryl methyl sites for hydroxylation is 1. The minimum Gasteiger partial charge on any atom is -0.484 e. The van der Waals surface area contributed by atoms with Crippen molar-refractivity contribution >= 4 is 11.8 Å². The van der Waals surface area contributed by atoms with Gasteiger partial charge in [0.1, 0.15) is 11.8 Å². The van der Waals surface area contributed by atoms with Crippen molar-refractivity contribution in [3.63, 3.8) is 0 Å². The smallest absolute Gasteiger partial charge is 0.258 e. The summed E-state index contributed by atoms with van der Waals surface area (Å²) in [5, 5.41) is 5.52. The van der Waals surface area contributed by atoms with Crippen molar-refractivity contribution in [2.45, 2.75) is 38.6 Å². The number of amides is 2. The van der Waals surface area contributed by atoms with Gasteiger partial charge in [-0.25, -0.2) is 0 Å². The molecule has 5 nitrogen and oxygen atoms in total. The molecule has 1 fully saturated rings. The Labute approximate surface area is 125 Å². The van der Waals surface area contributed by atoms with Crippen molar-refractivity contribution in [1.82, 2.24) is 10.6 Å². The molecule has 1 heterocycles. The average molecular weight is 290 g/mol. The maximum Gasteiger partial charge on any atom is 0.258 e. The minimum atomic E-state index is -0.439. The molecule has 1 aromatic carbocycles. The zero-order chi connectivity index (χ0) is 15.1. The number of ether oxygens (including phenoxy) is 1. The molecule has 21 heavy (non-hydrogen) atoms. The minimum absolute atomic E-state index is 0.0742. The van der Waals surface area contributed by atoms with Crippen molar-refractivity contribution in [1.29, 1.82) is 0 Å². The molecule has 114 valence electrons. The number of carbonyl (C=O) groups excluding carboxylic acids is 2. The lowest BCUT2D eigenvalue weighted by molar-refractivity contribution is -0.129. The fourth-order valence-corrected chi connectivity index (χ4v) is 2.28. The van der Waals surface area contributed by atoms with E-state index in [1.807, 2.05) is 24.3 Å². The van der Waals surface area contributed by atoms with Crippen LogP contribution >= 0.6 is 0 Å². The summed E-state index contributed by atoms with van der Waals surface area (Å²) in [6.45, 7) is 2.70. The van der Waals surface area contributed by atoms with Crippen molar-refractivity contribution in [3.8, 4) is 5.75 Å². The number of nitrogens with one attached hydrogen (secondary N) is 2. The maximum absolute atomic E-state index is 11.8. The average Bonchev–Trinajstić information content (AvgIpc) is 2.71. The molecule has 5 heteroatoms. The van der Waals surface area contributed by atoms with Crippen LogP contribution in [0, 0.1) is 0 Å². The van der Waals surface area contributed by atoms with E-state index in [-0.39, 0.29) is 18.4 Å². The molecule has 0 bridgehead atoms. The third kappa shape index (κ3) is 4.77. The summed E-state index contributed by atoms with van der Waals surface area (Å²) in [6, 6.07) is 7.22. The Kier molecular flexibility index (Phi) is 5.60. The monoisotopic (exact) mass is 290 g/mol. The largest absolute Gasteiger partial charge is 0.484 e. The van der Waals surface area contributed by atoms with E-state index < -0.39 is 6.04 Å². The Hall–Kier alpha value is -2.04. The first-order chi connectivity index (χ1) is 10.2. The molecule has 1 atom stereocenters. The predicted molar refractivity (Wildman–Crippen MR) is 80.1 cm³/mol. The van der Waals surface area contributed by atoms with Gasteiger partial charge in [-0.2, -0.15) is 0 Å². The lowest BCUT2D eigenvalue weighted by atomic mass is 10.1. The summed E-state index contributed by atoms with van der Waals surface area (Å²) in [5.41, 5.74) is 1.22. The van der Waals surface area contributed by atoms with Crippen LogP contribution in [0.15, 0.2) is 24.3 Å². The van der Waals surface area contributed by atoms with E-state index >= 15 is 0 Å². The zero-order valence-corrected chi connectivity index (χ0v) is 12.4. The molecule has 2 rings (SSSR count). The van der Waals surface area contributed by atoms with E-state index in [4.69, 9.17) is 4.74 Å². The van der Waals surface area contributed by atoms with Crippen LogP contribution in [-0.4, -0.2) is 31.0 Å². The third-order valence-electron chi connectivity index (χ3n) is 3.57. The number of benzene rings is 1. The van der Waals surface area contributed by atoms with E-state index in [1.54, 1.807) is 0 Å². The summed E-state index contributed by atoms with van der Waals surface area (Å²) >= 11 is 0. The topological polar surface area (TPSA) is 67.4 Å². The van der Waals surface area contributed by atoms with Crippen LogP contribution in [0.2, 0.25) is 0 Å². The van der Waals surface area contributed by atoms with Crippen molar-refractivity contribution in [2.75, 3.05) is 13.2 Å². The Morgan fingerprint density at radius 1 is 1.33 bits per heavy atom. The van der Waals surface area contributed by atoms with Crippen LogP contribution in [0.3, 0.4) is 0 Å². The lowest BCUT2D eigenvalue weighted by Gasteiger charge is -2.15. The highest BCUT2D eigenvalue weighted by Crippen LogP contribution is 2.12. The second-order valence-electron chi connectivity index (χ2n) is 5.19. The van der Waals surface area contributed by atoms with Crippen LogP contribution < -0.4 is 15.4 Å². The van der Waals surface area contributed by atoms with Crippen molar-refractivity contribution in [3.05, 3.63) is 29.8 Å². The Bertz CT molecular complexity index is 485. The van der Waals surface area contributed by atoms with E-state index in [0.29, 0.717) is 18.7 Å². The second kappa shape index (κ2) is 7.67. The molecule has 0 aliphatic carbocycles. The predicted octanol–water partition coefficient (Wildman–Crippen LogP) is 1.41. The Morgan fingerprint density at radius 3 is 2.81 bits per heavy atom. The number of hydrogen-bond donors (Lipinski definition) is 2. The van der Waals surface area contributed by atoms with Crippen LogP contribution in [0.5, 0.6) is 5.75 Å². The quantitative estimate of drug-likeness (QED) is 0.861. The highest BCUT2D eigenvalue weighted by Gasteiger charge is 2.22. The van der Waals surface area contributed by atoms with Crippen molar-refractivity contribution in [2.24, 2.45) is 0 Å². The van der Waals surface area contributed by atoms with Crippen molar-refractivity contribution < 1.29 is 14.3 Å². The van der Waals surface area contributed by atoms with Gasteiger partial charge in [-0.05, 0) is 43.4 Å². The molecule has 0 aromatic heterocycles. The molecule has 0 saturated carbocycles. The van der Waals surface area contributed by atoms with E-state index in [0.717, 1.165) is 19.3 Å². The SMILES string of the molecule is CCc1ccc(OCC(=O)NC2CCCCNC2=O)cc1. The lowest BCUT2D eigenvalue weighted by Crippen LogP contribution is -2.46. The van der Waals surface area contributed by atoms with Gasteiger partial charge in [-0.3, -0.25) is 9.59 Å². The molecule has 1 unspecified atom stereocenters. The van der Waals surface area contributed by atoms with Gasteiger partial charge in [-0.15, -0.1) is 0 Å². The zero-order valence-electron chi connectivity index (χ0n) is 12.4. The second-order valence-corrected chi connectivity index (χ2v) is 5.19. The molecule has 2 N–H and O–H groups in total. The van der Waals surface area contributed by atoms with Gasteiger partial charge in [0.2, 0.25) is 5.91 Å².